The molecular weight excluding hydrogens is 428 g/mol. The molecule has 1 atom stereocenters. The Kier molecular flexibility index (Phi) is 5.58. The average Bonchev–Trinajstić information content (AvgIpc) is 3.16. The van der Waals surface area contributed by atoms with Crippen LogP contribution in [-0.4, -0.2) is 56.5 Å². The second-order valence-electron chi connectivity index (χ2n) is 8.73. The van der Waals surface area contributed by atoms with Gasteiger partial charge in [0, 0.05) is 38.5 Å². The van der Waals surface area contributed by atoms with Crippen LogP contribution in [0.5, 0.6) is 0 Å². The minimum Gasteiger partial charge on any atom is -0.465 e. The van der Waals surface area contributed by atoms with Crippen molar-refractivity contribution in [2.75, 3.05) is 31.1 Å². The number of carboxylic acid groups (broad SMARTS) is 1. The molecule has 6 nitrogen and oxygen atoms in total. The minimum absolute atomic E-state index is 0.327. The number of nitrogens with zero attached hydrogens (tertiary/aromatic N) is 2. The molecule has 8 heteroatoms. The van der Waals surface area contributed by atoms with Crippen molar-refractivity contribution in [1.29, 1.82) is 0 Å². The molecule has 2 aliphatic heterocycles. The number of alkyl halides is 1. The molecule has 1 unspecified atom stereocenters. The maximum Gasteiger partial charge on any atom is 0.414 e. The van der Waals surface area contributed by atoms with E-state index in [2.05, 4.69) is 41.6 Å². The largest absolute Gasteiger partial charge is 0.465 e. The molecule has 0 aliphatic carbocycles. The molecule has 1 fully saturated rings. The van der Waals surface area contributed by atoms with Gasteiger partial charge in [0.05, 0.1) is 12.3 Å². The number of carbonyl (C=O) groups excluding carboxylic acids is 1. The van der Waals surface area contributed by atoms with Crippen LogP contribution in [0.15, 0.2) is 18.2 Å². The number of carbonyl (C=O) groups is 2. The summed E-state index contributed by atoms with van der Waals surface area (Å²) in [5.74, 6) is 0. The summed E-state index contributed by atoms with van der Waals surface area (Å²) < 4.78 is 5.57. The van der Waals surface area contributed by atoms with Crippen LogP contribution in [0, 0.1) is 0 Å². The Morgan fingerprint density at radius 1 is 1.30 bits per heavy atom. The van der Waals surface area contributed by atoms with Gasteiger partial charge in [-0.1, -0.05) is 47.7 Å². The van der Waals surface area contributed by atoms with E-state index in [0.29, 0.717) is 26.2 Å². The molecule has 2 aliphatic rings. The number of hydrogen-bond acceptors (Lipinski definition) is 3. The number of anilines is 1. The van der Waals surface area contributed by atoms with Gasteiger partial charge in [0.15, 0.2) is 0 Å². The lowest BCUT2D eigenvalue weighted by Crippen LogP contribution is -2.40. The first-order valence-electron chi connectivity index (χ1n) is 9.27. The van der Waals surface area contributed by atoms with Gasteiger partial charge in [-0.3, -0.25) is 4.90 Å². The molecular formula is C19H27BrN2O4Si. The molecule has 0 bridgehead atoms. The van der Waals surface area contributed by atoms with Crippen molar-refractivity contribution >= 4 is 41.9 Å². The summed E-state index contributed by atoms with van der Waals surface area (Å²) in [5, 5.41) is 10.1. The predicted molar refractivity (Wildman–Crippen MR) is 112 cm³/mol. The lowest BCUT2D eigenvalue weighted by Gasteiger charge is -2.25. The maximum atomic E-state index is 12.8. The molecule has 0 radical (unpaired) electrons. The van der Waals surface area contributed by atoms with Crippen molar-refractivity contribution in [3.63, 3.8) is 0 Å². The lowest BCUT2D eigenvalue weighted by atomic mass is 9.81. The van der Waals surface area contributed by atoms with Crippen LogP contribution in [0.25, 0.3) is 0 Å². The number of benzene rings is 1. The van der Waals surface area contributed by atoms with E-state index in [4.69, 9.17) is 4.74 Å². The zero-order valence-electron chi connectivity index (χ0n) is 16.1. The minimum atomic E-state index is -1.27. The molecule has 1 aromatic carbocycles. The second-order valence-corrected chi connectivity index (χ2v) is 14.9. The summed E-state index contributed by atoms with van der Waals surface area (Å²) in [6.07, 6.45) is -0.510. The fourth-order valence-corrected chi connectivity index (χ4v) is 4.93. The molecule has 27 heavy (non-hydrogen) atoms. The molecule has 1 spiro atoms. The molecule has 1 aromatic rings. The van der Waals surface area contributed by atoms with Crippen LogP contribution >= 0.6 is 15.9 Å². The van der Waals surface area contributed by atoms with E-state index < -0.39 is 14.2 Å². The van der Waals surface area contributed by atoms with Gasteiger partial charge in [0.25, 0.3) is 0 Å². The summed E-state index contributed by atoms with van der Waals surface area (Å²) >= 11 is 3.49. The summed E-state index contributed by atoms with van der Waals surface area (Å²) in [6.45, 7) is 8.58. The van der Waals surface area contributed by atoms with Gasteiger partial charge in [-0.05, 0) is 29.7 Å². The SMILES string of the molecule is C[Si](C)(C)CCOC(=O)N1CC2(CCN(C(=O)O)C2)c2cc(CBr)ccc21. The standard InChI is InChI=1S/C19H27BrN2O4Si/c1-27(2,3)9-8-26-18(25)22-13-19(6-7-21(12-19)17(23)24)15-10-14(11-20)4-5-16(15)22/h4-5,10H,6-9,11-13H2,1-3H3,(H,23,24). The number of halogens is 1. The topological polar surface area (TPSA) is 70.1 Å². The lowest BCUT2D eigenvalue weighted by molar-refractivity contribution is 0.152. The van der Waals surface area contributed by atoms with Crippen molar-refractivity contribution < 1.29 is 19.4 Å². The van der Waals surface area contributed by atoms with Gasteiger partial charge in [0.2, 0.25) is 0 Å². The van der Waals surface area contributed by atoms with Crippen molar-refractivity contribution in [2.45, 2.75) is 42.9 Å². The molecule has 3 rings (SSSR count). The highest BCUT2D eigenvalue weighted by molar-refractivity contribution is 9.08. The van der Waals surface area contributed by atoms with Gasteiger partial charge in [-0.2, -0.15) is 0 Å². The molecule has 1 N–H and O–H groups in total. The van der Waals surface area contributed by atoms with Gasteiger partial charge in [0.1, 0.15) is 0 Å². The number of fused-ring (bicyclic) bond motifs is 2. The van der Waals surface area contributed by atoms with Gasteiger partial charge >= 0.3 is 12.2 Å². The Labute approximate surface area is 169 Å². The molecule has 0 aromatic heterocycles. The van der Waals surface area contributed by atoms with E-state index >= 15 is 0 Å². The van der Waals surface area contributed by atoms with Crippen LogP contribution in [0.2, 0.25) is 25.7 Å². The van der Waals surface area contributed by atoms with E-state index in [9.17, 15) is 14.7 Å². The summed E-state index contributed by atoms with van der Waals surface area (Å²) in [5.41, 5.74) is 2.69. The first-order chi connectivity index (χ1) is 12.6. The molecule has 0 saturated carbocycles. The molecule has 148 valence electrons. The zero-order valence-corrected chi connectivity index (χ0v) is 18.7. The Balaban J connectivity index is 1.84. The number of rotatable bonds is 4. The highest BCUT2D eigenvalue weighted by Gasteiger charge is 2.50. The Bertz CT molecular complexity index is 752. The second kappa shape index (κ2) is 7.47. The highest BCUT2D eigenvalue weighted by atomic mass is 79.9. The number of hydrogen-bond donors (Lipinski definition) is 1. The Morgan fingerprint density at radius 2 is 2.04 bits per heavy atom. The first kappa shape index (κ1) is 20.2. The van der Waals surface area contributed by atoms with Crippen molar-refractivity contribution in [2.24, 2.45) is 0 Å². The first-order valence-corrected chi connectivity index (χ1v) is 14.1. The van der Waals surface area contributed by atoms with Crippen molar-refractivity contribution in [1.82, 2.24) is 4.90 Å². The van der Waals surface area contributed by atoms with Crippen LogP contribution in [0.4, 0.5) is 15.3 Å². The quantitative estimate of drug-likeness (QED) is 0.536. The molecule has 1 saturated heterocycles. The Hall–Kier alpha value is -1.54. The van der Waals surface area contributed by atoms with Crippen molar-refractivity contribution in [3.05, 3.63) is 29.3 Å². The summed E-state index contributed by atoms with van der Waals surface area (Å²) in [6, 6.07) is 6.99. The number of ether oxygens (including phenoxy) is 1. The molecule has 2 heterocycles. The normalized spacial score (nSPS) is 21.6. The zero-order chi connectivity index (χ0) is 19.8. The fourth-order valence-electron chi connectivity index (χ4n) is 3.87. The van der Waals surface area contributed by atoms with E-state index in [1.807, 2.05) is 12.1 Å². The van der Waals surface area contributed by atoms with Gasteiger partial charge < -0.3 is 14.7 Å². The third kappa shape index (κ3) is 4.16. The van der Waals surface area contributed by atoms with E-state index in [0.717, 1.165) is 34.6 Å². The smallest absolute Gasteiger partial charge is 0.414 e. The third-order valence-electron chi connectivity index (χ3n) is 5.46. The van der Waals surface area contributed by atoms with E-state index in [1.165, 1.54) is 4.90 Å². The third-order valence-corrected chi connectivity index (χ3v) is 7.81. The van der Waals surface area contributed by atoms with E-state index in [1.54, 1.807) is 4.90 Å². The summed E-state index contributed by atoms with van der Waals surface area (Å²) in [7, 11) is -1.27. The maximum absolute atomic E-state index is 12.8. The number of likely N-dealkylation sites (tertiary alicyclic amines) is 1. The fraction of sp³-hybridized carbons (Fsp3) is 0.579. The van der Waals surface area contributed by atoms with E-state index in [-0.39, 0.29) is 11.5 Å². The average molecular weight is 455 g/mol. The van der Waals surface area contributed by atoms with Gasteiger partial charge in [-0.15, -0.1) is 0 Å². The van der Waals surface area contributed by atoms with Crippen LogP contribution in [-0.2, 0) is 15.5 Å². The monoisotopic (exact) mass is 454 g/mol. The van der Waals surface area contributed by atoms with Crippen molar-refractivity contribution in [3.8, 4) is 0 Å². The van der Waals surface area contributed by atoms with Crippen LogP contribution < -0.4 is 4.90 Å². The van der Waals surface area contributed by atoms with Crippen LogP contribution in [0.1, 0.15) is 17.5 Å². The number of amides is 2. The predicted octanol–water partition coefficient (Wildman–Crippen LogP) is 4.50. The van der Waals surface area contributed by atoms with Gasteiger partial charge in [-0.25, -0.2) is 9.59 Å². The highest BCUT2D eigenvalue weighted by Crippen LogP contribution is 2.47. The van der Waals surface area contributed by atoms with Crippen LogP contribution in [0.3, 0.4) is 0 Å². The summed E-state index contributed by atoms with van der Waals surface area (Å²) in [4.78, 5) is 27.4. The Morgan fingerprint density at radius 3 is 2.63 bits per heavy atom. The molecule has 2 amide bonds.